The van der Waals surface area contributed by atoms with Crippen LogP contribution in [0.5, 0.6) is 0 Å². The van der Waals surface area contributed by atoms with E-state index in [1.807, 2.05) is 37.3 Å². The van der Waals surface area contributed by atoms with Gasteiger partial charge in [-0.3, -0.25) is 0 Å². The quantitative estimate of drug-likeness (QED) is 0.551. The van der Waals surface area contributed by atoms with Crippen LogP contribution in [-0.4, -0.2) is 5.88 Å². The number of aryl methyl sites for hydroxylation is 1. The van der Waals surface area contributed by atoms with Crippen LogP contribution < -0.4 is 5.73 Å². The first-order chi connectivity index (χ1) is 5.74. The van der Waals surface area contributed by atoms with Gasteiger partial charge in [-0.15, -0.1) is 11.6 Å². The van der Waals surface area contributed by atoms with E-state index < -0.39 is 0 Å². The Morgan fingerprint density at radius 2 is 2.25 bits per heavy atom. The van der Waals surface area contributed by atoms with Gasteiger partial charge >= 0.3 is 0 Å². The van der Waals surface area contributed by atoms with Crippen LogP contribution in [-0.2, 0) is 0 Å². The van der Waals surface area contributed by atoms with E-state index in [0.717, 1.165) is 16.8 Å². The molecule has 0 radical (unpaired) electrons. The topological polar surface area (TPSA) is 26.0 Å². The van der Waals surface area contributed by atoms with E-state index in [2.05, 4.69) is 0 Å². The fourth-order valence-electron chi connectivity index (χ4n) is 0.943. The number of anilines is 1. The Morgan fingerprint density at radius 1 is 1.50 bits per heavy atom. The smallest absolute Gasteiger partial charge is 0.0407 e. The standard InChI is InChI=1S/C10H12ClN/c1-8-4-5-9(3-2-6-11)7-10(8)12/h2-5,7H,6,12H2,1H3. The maximum absolute atomic E-state index is 5.73. The molecule has 0 aromatic heterocycles. The minimum absolute atomic E-state index is 0.535. The van der Waals surface area contributed by atoms with Crippen molar-refractivity contribution in [3.63, 3.8) is 0 Å². The maximum Gasteiger partial charge on any atom is 0.0407 e. The number of hydrogen-bond donors (Lipinski definition) is 1. The number of nitrogen functional groups attached to an aromatic ring is 1. The SMILES string of the molecule is Cc1ccc(C=CCCl)cc1N. The van der Waals surface area contributed by atoms with Crippen LogP contribution >= 0.6 is 11.6 Å². The summed E-state index contributed by atoms with van der Waals surface area (Å²) in [5.74, 6) is 0.535. The first-order valence-corrected chi connectivity index (χ1v) is 4.36. The third-order valence-corrected chi connectivity index (χ3v) is 1.88. The predicted octanol–water partition coefficient (Wildman–Crippen LogP) is 2.83. The second kappa shape index (κ2) is 4.17. The number of alkyl halides is 1. The molecule has 0 fully saturated rings. The van der Waals surface area contributed by atoms with Gasteiger partial charge in [-0.25, -0.2) is 0 Å². The van der Waals surface area contributed by atoms with E-state index >= 15 is 0 Å². The van der Waals surface area contributed by atoms with Crippen LogP contribution in [0.4, 0.5) is 5.69 Å². The van der Waals surface area contributed by atoms with Crippen LogP contribution in [0, 0.1) is 6.92 Å². The molecule has 0 aliphatic rings. The number of nitrogens with two attached hydrogens (primary N) is 1. The van der Waals surface area contributed by atoms with Crippen molar-refractivity contribution < 1.29 is 0 Å². The van der Waals surface area contributed by atoms with Crippen molar-refractivity contribution in [2.75, 3.05) is 11.6 Å². The molecule has 1 aromatic rings. The van der Waals surface area contributed by atoms with E-state index in [0.29, 0.717) is 5.88 Å². The lowest BCUT2D eigenvalue weighted by atomic mass is 10.1. The Kier molecular flexibility index (Phi) is 3.18. The fraction of sp³-hybridized carbons (Fsp3) is 0.200. The Bertz CT molecular complexity index is 292. The number of hydrogen-bond acceptors (Lipinski definition) is 1. The normalized spacial score (nSPS) is 10.8. The number of rotatable bonds is 2. The summed E-state index contributed by atoms with van der Waals surface area (Å²) in [6.45, 7) is 1.99. The molecule has 1 rings (SSSR count). The molecule has 0 spiro atoms. The second-order valence-electron chi connectivity index (χ2n) is 2.67. The van der Waals surface area contributed by atoms with Gasteiger partial charge in [-0.2, -0.15) is 0 Å². The molecule has 2 N–H and O–H groups in total. The summed E-state index contributed by atoms with van der Waals surface area (Å²) in [5, 5.41) is 0. The number of allylic oxidation sites excluding steroid dienone is 1. The predicted molar refractivity (Wildman–Crippen MR) is 55.3 cm³/mol. The van der Waals surface area contributed by atoms with E-state index in [4.69, 9.17) is 17.3 Å². The molecule has 12 heavy (non-hydrogen) atoms. The molecular weight excluding hydrogens is 170 g/mol. The minimum Gasteiger partial charge on any atom is -0.398 e. The first-order valence-electron chi connectivity index (χ1n) is 3.82. The van der Waals surface area contributed by atoms with Crippen molar-refractivity contribution in [1.29, 1.82) is 0 Å². The highest BCUT2D eigenvalue weighted by atomic mass is 35.5. The molecule has 0 saturated carbocycles. The van der Waals surface area contributed by atoms with Crippen molar-refractivity contribution in [2.24, 2.45) is 0 Å². The fourth-order valence-corrected chi connectivity index (χ4v) is 1.03. The molecule has 0 amide bonds. The highest BCUT2D eigenvalue weighted by Gasteiger charge is 1.92. The van der Waals surface area contributed by atoms with Crippen molar-refractivity contribution in [2.45, 2.75) is 6.92 Å². The zero-order valence-corrected chi connectivity index (χ0v) is 7.81. The van der Waals surface area contributed by atoms with Gasteiger partial charge in [0.05, 0.1) is 0 Å². The third kappa shape index (κ3) is 2.28. The van der Waals surface area contributed by atoms with Gasteiger partial charge in [0.15, 0.2) is 0 Å². The maximum atomic E-state index is 5.73. The Hall–Kier alpha value is -0.950. The van der Waals surface area contributed by atoms with Crippen LogP contribution in [0.1, 0.15) is 11.1 Å². The third-order valence-electron chi connectivity index (χ3n) is 1.70. The minimum atomic E-state index is 0.535. The lowest BCUT2D eigenvalue weighted by molar-refractivity contribution is 1.46. The van der Waals surface area contributed by atoms with Crippen LogP contribution in [0.25, 0.3) is 6.08 Å². The average Bonchev–Trinajstić information content (AvgIpc) is 2.07. The van der Waals surface area contributed by atoms with Crippen molar-refractivity contribution in [3.05, 3.63) is 35.4 Å². The summed E-state index contributed by atoms with van der Waals surface area (Å²) in [4.78, 5) is 0. The zero-order valence-electron chi connectivity index (χ0n) is 7.05. The van der Waals surface area contributed by atoms with Gasteiger partial charge in [0.1, 0.15) is 0 Å². The van der Waals surface area contributed by atoms with Crippen LogP contribution in [0.15, 0.2) is 24.3 Å². The molecular formula is C10H12ClN. The molecule has 64 valence electrons. The molecule has 0 unspecified atom stereocenters. The van der Waals surface area contributed by atoms with E-state index in [1.54, 1.807) is 0 Å². The van der Waals surface area contributed by atoms with Gasteiger partial charge < -0.3 is 5.73 Å². The monoisotopic (exact) mass is 181 g/mol. The zero-order chi connectivity index (χ0) is 8.97. The van der Waals surface area contributed by atoms with Gasteiger partial charge in [0.2, 0.25) is 0 Å². The Morgan fingerprint density at radius 3 is 2.83 bits per heavy atom. The molecule has 0 aliphatic carbocycles. The van der Waals surface area contributed by atoms with Crippen molar-refractivity contribution in [1.82, 2.24) is 0 Å². The molecule has 1 nitrogen and oxygen atoms in total. The summed E-state index contributed by atoms with van der Waals surface area (Å²) in [5.41, 5.74) is 8.76. The van der Waals surface area contributed by atoms with Gasteiger partial charge in [-0.05, 0) is 24.1 Å². The molecule has 2 heteroatoms. The number of halogens is 1. The Balaban J connectivity index is 2.89. The molecule has 1 aromatic carbocycles. The highest BCUT2D eigenvalue weighted by molar-refractivity contribution is 6.19. The summed E-state index contributed by atoms with van der Waals surface area (Å²) in [6.07, 6.45) is 3.86. The number of benzene rings is 1. The van der Waals surface area contributed by atoms with E-state index in [-0.39, 0.29) is 0 Å². The molecule has 0 saturated heterocycles. The molecule has 0 bridgehead atoms. The van der Waals surface area contributed by atoms with Crippen molar-refractivity contribution in [3.8, 4) is 0 Å². The molecule has 0 aliphatic heterocycles. The van der Waals surface area contributed by atoms with Crippen LogP contribution in [0.2, 0.25) is 0 Å². The highest BCUT2D eigenvalue weighted by Crippen LogP contribution is 2.13. The molecule has 0 atom stereocenters. The Labute approximate surface area is 77.8 Å². The summed E-state index contributed by atoms with van der Waals surface area (Å²) in [7, 11) is 0. The lowest BCUT2D eigenvalue weighted by Crippen LogP contribution is -1.89. The largest absolute Gasteiger partial charge is 0.398 e. The van der Waals surface area contributed by atoms with Gasteiger partial charge in [0.25, 0.3) is 0 Å². The van der Waals surface area contributed by atoms with Gasteiger partial charge in [-0.1, -0.05) is 24.3 Å². The second-order valence-corrected chi connectivity index (χ2v) is 2.98. The average molecular weight is 182 g/mol. The van der Waals surface area contributed by atoms with Gasteiger partial charge in [0, 0.05) is 11.6 Å². The molecule has 0 heterocycles. The summed E-state index contributed by atoms with van der Waals surface area (Å²) < 4.78 is 0. The lowest BCUT2D eigenvalue weighted by Gasteiger charge is -1.99. The first kappa shape index (κ1) is 9.14. The summed E-state index contributed by atoms with van der Waals surface area (Å²) in [6, 6.07) is 5.97. The van der Waals surface area contributed by atoms with Crippen LogP contribution in [0.3, 0.4) is 0 Å². The summed E-state index contributed by atoms with van der Waals surface area (Å²) >= 11 is 5.50. The van der Waals surface area contributed by atoms with E-state index in [1.165, 1.54) is 0 Å². The van der Waals surface area contributed by atoms with E-state index in [9.17, 15) is 0 Å². The van der Waals surface area contributed by atoms with Crippen molar-refractivity contribution >= 4 is 23.4 Å².